The van der Waals surface area contributed by atoms with Crippen LogP contribution in [0, 0.1) is 0 Å². The molecule has 5 nitrogen and oxygen atoms in total. The highest BCUT2D eigenvalue weighted by atomic mass is 32.1. The minimum atomic E-state index is 0.894. The van der Waals surface area contributed by atoms with E-state index < -0.39 is 0 Å². The van der Waals surface area contributed by atoms with Gasteiger partial charge in [-0.3, -0.25) is 15.1 Å². The van der Waals surface area contributed by atoms with E-state index in [9.17, 15) is 0 Å². The van der Waals surface area contributed by atoms with Gasteiger partial charge in [0.2, 0.25) is 0 Å². The van der Waals surface area contributed by atoms with Gasteiger partial charge in [0.25, 0.3) is 0 Å². The van der Waals surface area contributed by atoms with Gasteiger partial charge in [0.1, 0.15) is 5.69 Å². The smallest absolute Gasteiger partial charge is 0.116 e. The van der Waals surface area contributed by atoms with E-state index in [1.807, 2.05) is 18.3 Å². The van der Waals surface area contributed by atoms with Gasteiger partial charge in [-0.15, -0.1) is 11.3 Å². The maximum atomic E-state index is 4.58. The summed E-state index contributed by atoms with van der Waals surface area (Å²) < 4.78 is 0. The summed E-state index contributed by atoms with van der Waals surface area (Å²) in [5.41, 5.74) is 7.07. The van der Waals surface area contributed by atoms with Crippen molar-refractivity contribution in [2.45, 2.75) is 0 Å². The lowest BCUT2D eigenvalue weighted by molar-refractivity contribution is 1.11. The number of aromatic nitrogens is 5. The Labute approximate surface area is 170 Å². The monoisotopic (exact) mass is 393 g/mol. The van der Waals surface area contributed by atoms with Gasteiger partial charge in [-0.05, 0) is 41.8 Å². The number of hydrogen-bond donors (Lipinski definition) is 2. The molecule has 5 heterocycles. The number of pyridine rings is 2. The quantitative estimate of drug-likeness (QED) is 0.393. The highest BCUT2D eigenvalue weighted by Crippen LogP contribution is 2.36. The van der Waals surface area contributed by atoms with Crippen molar-refractivity contribution in [2.24, 2.45) is 0 Å². The molecule has 0 bridgehead atoms. The first-order valence-electron chi connectivity index (χ1n) is 9.27. The van der Waals surface area contributed by atoms with Crippen LogP contribution in [0.15, 0.2) is 78.6 Å². The molecule has 0 aliphatic carbocycles. The van der Waals surface area contributed by atoms with Gasteiger partial charge in [0.05, 0.1) is 23.1 Å². The fraction of sp³-hybridized carbons (Fsp3) is 0. The van der Waals surface area contributed by atoms with Crippen molar-refractivity contribution in [2.75, 3.05) is 0 Å². The third-order valence-electron chi connectivity index (χ3n) is 5.13. The summed E-state index contributed by atoms with van der Waals surface area (Å²) in [6.45, 7) is 0. The number of nitrogens with zero attached hydrogens (tertiary/aromatic N) is 3. The van der Waals surface area contributed by atoms with Crippen LogP contribution in [0.3, 0.4) is 0 Å². The van der Waals surface area contributed by atoms with Crippen molar-refractivity contribution < 1.29 is 0 Å². The zero-order valence-corrected chi connectivity index (χ0v) is 16.1. The Morgan fingerprint density at radius 3 is 2.66 bits per heavy atom. The zero-order valence-electron chi connectivity index (χ0n) is 15.3. The van der Waals surface area contributed by atoms with Crippen molar-refractivity contribution in [3.8, 4) is 33.1 Å². The normalized spacial score (nSPS) is 11.4. The second-order valence-electron chi connectivity index (χ2n) is 6.85. The molecule has 0 radical (unpaired) electrons. The van der Waals surface area contributed by atoms with Gasteiger partial charge in [-0.25, -0.2) is 0 Å². The standard InChI is InChI=1S/C23H15N5S/c1-3-15(22-5-2-10-29-22)16-11-20(26-18(16)4-1)23-17-12-19(14-6-8-24-9-7-14)25-13-21(17)27-28-23/h1-13,26H,(H,27,28). The Kier molecular flexibility index (Phi) is 3.57. The highest BCUT2D eigenvalue weighted by molar-refractivity contribution is 7.13. The number of fused-ring (bicyclic) bond motifs is 2. The third kappa shape index (κ3) is 2.65. The first kappa shape index (κ1) is 16.2. The maximum Gasteiger partial charge on any atom is 0.116 e. The van der Waals surface area contributed by atoms with E-state index in [0.717, 1.165) is 39.1 Å². The molecule has 6 aromatic rings. The lowest BCUT2D eigenvalue weighted by Crippen LogP contribution is -1.84. The Hall–Kier alpha value is -3.77. The molecule has 0 atom stereocenters. The van der Waals surface area contributed by atoms with E-state index in [0.29, 0.717) is 0 Å². The van der Waals surface area contributed by atoms with E-state index in [1.165, 1.54) is 15.8 Å². The lowest BCUT2D eigenvalue weighted by Gasteiger charge is -2.00. The second kappa shape index (κ2) is 6.39. The van der Waals surface area contributed by atoms with Crippen LogP contribution in [0.1, 0.15) is 0 Å². The SMILES string of the molecule is c1csc(-c2cccc3[nH]c(-c4n[nH]c5cnc(-c6ccncc6)cc45)cc23)c1. The molecule has 2 N–H and O–H groups in total. The van der Waals surface area contributed by atoms with Crippen LogP contribution >= 0.6 is 11.3 Å². The highest BCUT2D eigenvalue weighted by Gasteiger charge is 2.14. The van der Waals surface area contributed by atoms with Crippen LogP contribution in [0.2, 0.25) is 0 Å². The summed E-state index contributed by atoms with van der Waals surface area (Å²) in [6, 6.07) is 18.8. The number of thiophene rings is 1. The van der Waals surface area contributed by atoms with Crippen molar-refractivity contribution in [1.29, 1.82) is 0 Å². The van der Waals surface area contributed by atoms with Crippen molar-refractivity contribution in [3.05, 3.63) is 78.6 Å². The Morgan fingerprint density at radius 1 is 0.862 bits per heavy atom. The first-order chi connectivity index (χ1) is 14.4. The van der Waals surface area contributed by atoms with Gasteiger partial charge in [0.15, 0.2) is 0 Å². The van der Waals surface area contributed by atoms with Crippen molar-refractivity contribution >= 4 is 33.1 Å². The van der Waals surface area contributed by atoms with Crippen LogP contribution in [-0.2, 0) is 0 Å². The molecule has 0 aliphatic heterocycles. The largest absolute Gasteiger partial charge is 0.353 e. The number of benzene rings is 1. The fourth-order valence-electron chi connectivity index (χ4n) is 3.73. The maximum absolute atomic E-state index is 4.58. The molecule has 29 heavy (non-hydrogen) atoms. The van der Waals surface area contributed by atoms with Crippen LogP contribution in [-0.4, -0.2) is 25.1 Å². The van der Waals surface area contributed by atoms with Crippen LogP contribution in [0.5, 0.6) is 0 Å². The van der Waals surface area contributed by atoms with Gasteiger partial charge in [0, 0.05) is 44.7 Å². The number of nitrogens with one attached hydrogen (secondary N) is 2. The Bertz CT molecular complexity index is 1450. The number of H-pyrrole nitrogens is 2. The summed E-state index contributed by atoms with van der Waals surface area (Å²) in [4.78, 5) is 13.5. The predicted molar refractivity (Wildman–Crippen MR) is 118 cm³/mol. The predicted octanol–water partition coefficient (Wildman–Crippen LogP) is 5.90. The van der Waals surface area contributed by atoms with Gasteiger partial charge in [-0.2, -0.15) is 5.10 Å². The van der Waals surface area contributed by atoms with Crippen LogP contribution < -0.4 is 0 Å². The van der Waals surface area contributed by atoms with Crippen LogP contribution in [0.25, 0.3) is 54.9 Å². The topological polar surface area (TPSA) is 70.2 Å². The van der Waals surface area contributed by atoms with E-state index in [2.05, 4.69) is 73.0 Å². The van der Waals surface area contributed by atoms with E-state index >= 15 is 0 Å². The molecule has 0 unspecified atom stereocenters. The lowest BCUT2D eigenvalue weighted by atomic mass is 10.1. The molecule has 0 saturated carbocycles. The summed E-state index contributed by atoms with van der Waals surface area (Å²) in [6.07, 6.45) is 5.39. The summed E-state index contributed by atoms with van der Waals surface area (Å²) in [5.74, 6) is 0. The average molecular weight is 393 g/mol. The number of aromatic amines is 2. The minimum absolute atomic E-state index is 0.894. The van der Waals surface area contributed by atoms with Gasteiger partial charge in [-0.1, -0.05) is 18.2 Å². The number of rotatable bonds is 3. The molecular formula is C23H15N5S. The van der Waals surface area contributed by atoms with E-state index in [1.54, 1.807) is 23.7 Å². The Morgan fingerprint density at radius 2 is 1.79 bits per heavy atom. The average Bonchev–Trinajstić information content (AvgIpc) is 3.52. The molecular weight excluding hydrogens is 378 g/mol. The molecule has 1 aromatic carbocycles. The van der Waals surface area contributed by atoms with Gasteiger partial charge >= 0.3 is 0 Å². The van der Waals surface area contributed by atoms with Gasteiger partial charge < -0.3 is 4.98 Å². The van der Waals surface area contributed by atoms with E-state index in [4.69, 9.17) is 0 Å². The Balaban J connectivity index is 1.53. The molecule has 0 aliphatic rings. The van der Waals surface area contributed by atoms with Crippen molar-refractivity contribution in [3.63, 3.8) is 0 Å². The molecule has 6 heteroatoms. The summed E-state index contributed by atoms with van der Waals surface area (Å²) in [7, 11) is 0. The van der Waals surface area contributed by atoms with E-state index in [-0.39, 0.29) is 0 Å². The molecule has 0 fully saturated rings. The second-order valence-corrected chi connectivity index (χ2v) is 7.80. The molecule has 0 amide bonds. The molecule has 0 spiro atoms. The fourth-order valence-corrected chi connectivity index (χ4v) is 4.50. The molecule has 5 aromatic heterocycles. The van der Waals surface area contributed by atoms with Crippen molar-refractivity contribution in [1.82, 2.24) is 25.1 Å². The summed E-state index contributed by atoms with van der Waals surface area (Å²) >= 11 is 1.75. The number of hydrogen-bond acceptors (Lipinski definition) is 4. The molecule has 138 valence electrons. The first-order valence-corrected chi connectivity index (χ1v) is 10.2. The molecule has 0 saturated heterocycles. The zero-order chi connectivity index (χ0) is 19.2. The van der Waals surface area contributed by atoms with Crippen LogP contribution in [0.4, 0.5) is 0 Å². The third-order valence-corrected chi connectivity index (χ3v) is 6.03. The summed E-state index contributed by atoms with van der Waals surface area (Å²) in [5, 5.41) is 12.0. The molecule has 6 rings (SSSR count). The minimum Gasteiger partial charge on any atom is -0.353 e.